The molecule has 15 heavy (non-hydrogen) atoms. The lowest BCUT2D eigenvalue weighted by Crippen LogP contribution is -2.53. The fourth-order valence-electron chi connectivity index (χ4n) is 1.70. The van der Waals surface area contributed by atoms with Gasteiger partial charge in [-0.05, 0) is 18.8 Å². The van der Waals surface area contributed by atoms with Crippen LogP contribution in [0.5, 0.6) is 0 Å². The van der Waals surface area contributed by atoms with Crippen molar-refractivity contribution in [3.8, 4) is 0 Å². The van der Waals surface area contributed by atoms with Gasteiger partial charge in [-0.15, -0.1) is 0 Å². The van der Waals surface area contributed by atoms with Crippen molar-refractivity contribution in [1.29, 1.82) is 0 Å². The van der Waals surface area contributed by atoms with Gasteiger partial charge in [-0.1, -0.05) is 38.9 Å². The van der Waals surface area contributed by atoms with Crippen molar-refractivity contribution in [3.05, 3.63) is 0 Å². The predicted octanol–water partition coefficient (Wildman–Crippen LogP) is 1.61. The van der Waals surface area contributed by atoms with Gasteiger partial charge >= 0.3 is 0 Å². The maximum absolute atomic E-state index is 11.9. The Hall–Kier alpha value is -0.640. The van der Waals surface area contributed by atoms with Gasteiger partial charge in [-0.3, -0.25) is 4.79 Å². The summed E-state index contributed by atoms with van der Waals surface area (Å²) in [5.74, 6) is 0.541. The largest absolute Gasteiger partial charge is 0.392 e. The summed E-state index contributed by atoms with van der Waals surface area (Å²) in [7, 11) is 0. The first kappa shape index (κ1) is 12.4. The second-order valence-electron chi connectivity index (χ2n) is 4.52. The van der Waals surface area contributed by atoms with E-state index >= 15 is 0 Å². The maximum Gasteiger partial charge on any atom is 0.233 e. The lowest BCUT2D eigenvalue weighted by Gasteiger charge is -2.39. The number of nitrogens with two attached hydrogens (primary N) is 1. The van der Waals surface area contributed by atoms with E-state index in [4.69, 9.17) is 18.0 Å². The molecular formula is C11H20N2OS. The van der Waals surface area contributed by atoms with Crippen molar-refractivity contribution in [1.82, 2.24) is 5.32 Å². The van der Waals surface area contributed by atoms with Crippen LogP contribution in [0.2, 0.25) is 0 Å². The van der Waals surface area contributed by atoms with Crippen LogP contribution in [0.3, 0.4) is 0 Å². The summed E-state index contributed by atoms with van der Waals surface area (Å²) in [4.78, 5) is 12.3. The molecule has 3 nitrogen and oxygen atoms in total. The van der Waals surface area contributed by atoms with Gasteiger partial charge in [-0.25, -0.2) is 0 Å². The summed E-state index contributed by atoms with van der Waals surface area (Å²) in [5.41, 5.74) is 5.12. The Morgan fingerprint density at radius 1 is 1.60 bits per heavy atom. The Morgan fingerprint density at radius 3 is 2.53 bits per heavy atom. The Kier molecular flexibility index (Phi) is 4.08. The number of amides is 1. The number of rotatable bonds is 5. The molecule has 1 unspecified atom stereocenters. The summed E-state index contributed by atoms with van der Waals surface area (Å²) in [5, 5.41) is 2.95. The highest BCUT2D eigenvalue weighted by Gasteiger charge is 2.46. The van der Waals surface area contributed by atoms with Gasteiger partial charge in [-0.2, -0.15) is 0 Å². The van der Waals surface area contributed by atoms with Crippen molar-refractivity contribution < 1.29 is 4.79 Å². The maximum atomic E-state index is 11.9. The van der Waals surface area contributed by atoms with Gasteiger partial charge in [0.05, 0.1) is 10.4 Å². The zero-order chi connectivity index (χ0) is 11.5. The number of carbonyl (C=O) groups is 1. The number of nitrogens with one attached hydrogen (secondary N) is 1. The molecular weight excluding hydrogens is 208 g/mol. The van der Waals surface area contributed by atoms with E-state index in [1.165, 1.54) is 0 Å². The molecule has 0 aromatic rings. The van der Waals surface area contributed by atoms with Crippen LogP contribution in [0.1, 0.15) is 39.5 Å². The first-order chi connectivity index (χ1) is 7.03. The lowest BCUT2D eigenvalue weighted by molar-refractivity contribution is -0.131. The minimum atomic E-state index is -0.525. The van der Waals surface area contributed by atoms with Crippen LogP contribution in [0.25, 0.3) is 0 Å². The standard InChI is InChI=1S/C11H20N2OS/c1-3-8(2)7-13-10(14)11(9(12)15)5-4-6-11/h8H,3-7H2,1-2H3,(H2,12,15)(H,13,14). The molecule has 0 aromatic carbocycles. The fourth-order valence-corrected chi connectivity index (χ4v) is 1.99. The van der Waals surface area contributed by atoms with Crippen LogP contribution in [0.15, 0.2) is 0 Å². The minimum Gasteiger partial charge on any atom is -0.392 e. The minimum absolute atomic E-state index is 0.0292. The van der Waals surface area contributed by atoms with Crippen LogP contribution in [0, 0.1) is 11.3 Å². The third-order valence-electron chi connectivity index (χ3n) is 3.42. The summed E-state index contributed by atoms with van der Waals surface area (Å²) >= 11 is 4.98. The molecule has 0 heterocycles. The second kappa shape index (κ2) is 4.92. The van der Waals surface area contributed by atoms with E-state index in [-0.39, 0.29) is 5.91 Å². The Morgan fingerprint density at radius 2 is 2.20 bits per heavy atom. The van der Waals surface area contributed by atoms with Crippen LogP contribution < -0.4 is 11.1 Å². The van der Waals surface area contributed by atoms with E-state index in [0.29, 0.717) is 10.9 Å². The van der Waals surface area contributed by atoms with Crippen molar-refractivity contribution >= 4 is 23.1 Å². The van der Waals surface area contributed by atoms with Crippen LogP contribution in [-0.4, -0.2) is 17.4 Å². The number of hydrogen-bond donors (Lipinski definition) is 2. The Bertz CT molecular complexity index is 261. The molecule has 0 aliphatic heterocycles. The molecule has 4 heteroatoms. The smallest absolute Gasteiger partial charge is 0.233 e. The van der Waals surface area contributed by atoms with Gasteiger partial charge in [0.25, 0.3) is 0 Å². The first-order valence-electron chi connectivity index (χ1n) is 5.61. The van der Waals surface area contributed by atoms with E-state index in [2.05, 4.69) is 19.2 Å². The number of thiocarbonyl (C=S) groups is 1. The van der Waals surface area contributed by atoms with E-state index in [1.807, 2.05) is 0 Å². The zero-order valence-corrected chi connectivity index (χ0v) is 10.3. The number of carbonyl (C=O) groups excluding carboxylic acids is 1. The predicted molar refractivity (Wildman–Crippen MR) is 65.5 cm³/mol. The molecule has 1 aliphatic carbocycles. The van der Waals surface area contributed by atoms with E-state index in [0.717, 1.165) is 32.2 Å². The van der Waals surface area contributed by atoms with E-state index in [1.54, 1.807) is 0 Å². The molecule has 1 saturated carbocycles. The highest BCUT2D eigenvalue weighted by molar-refractivity contribution is 7.80. The fraction of sp³-hybridized carbons (Fsp3) is 0.818. The van der Waals surface area contributed by atoms with Gasteiger partial charge < -0.3 is 11.1 Å². The third-order valence-corrected chi connectivity index (χ3v) is 3.81. The lowest BCUT2D eigenvalue weighted by atomic mass is 9.68. The normalized spacial score (nSPS) is 20.1. The van der Waals surface area contributed by atoms with Gasteiger partial charge in [0.1, 0.15) is 0 Å². The van der Waals surface area contributed by atoms with Crippen molar-refractivity contribution in [3.63, 3.8) is 0 Å². The van der Waals surface area contributed by atoms with Crippen LogP contribution >= 0.6 is 12.2 Å². The summed E-state index contributed by atoms with van der Waals surface area (Å²) in [6.07, 6.45) is 3.75. The molecule has 1 rings (SSSR count). The van der Waals surface area contributed by atoms with Crippen molar-refractivity contribution in [2.75, 3.05) is 6.54 Å². The average molecular weight is 228 g/mol. The summed E-state index contributed by atoms with van der Waals surface area (Å²) in [6, 6.07) is 0. The van der Waals surface area contributed by atoms with Crippen molar-refractivity contribution in [2.24, 2.45) is 17.1 Å². The third kappa shape index (κ3) is 2.48. The molecule has 0 spiro atoms. The van der Waals surface area contributed by atoms with Crippen LogP contribution in [-0.2, 0) is 4.79 Å². The Labute approximate surface area is 96.8 Å². The molecule has 3 N–H and O–H groups in total. The first-order valence-corrected chi connectivity index (χ1v) is 6.02. The molecule has 86 valence electrons. The summed E-state index contributed by atoms with van der Waals surface area (Å²) < 4.78 is 0. The number of hydrogen-bond acceptors (Lipinski definition) is 2. The summed E-state index contributed by atoms with van der Waals surface area (Å²) in [6.45, 7) is 4.96. The quantitative estimate of drug-likeness (QED) is 0.703. The molecule has 0 radical (unpaired) electrons. The Balaban J connectivity index is 2.48. The second-order valence-corrected chi connectivity index (χ2v) is 4.96. The zero-order valence-electron chi connectivity index (χ0n) is 9.51. The monoisotopic (exact) mass is 228 g/mol. The van der Waals surface area contributed by atoms with Gasteiger partial charge in [0.2, 0.25) is 5.91 Å². The molecule has 0 saturated heterocycles. The molecule has 1 aliphatic rings. The van der Waals surface area contributed by atoms with E-state index < -0.39 is 5.41 Å². The van der Waals surface area contributed by atoms with Gasteiger partial charge in [0, 0.05) is 6.54 Å². The van der Waals surface area contributed by atoms with Crippen molar-refractivity contribution in [2.45, 2.75) is 39.5 Å². The molecule has 1 amide bonds. The molecule has 0 aromatic heterocycles. The topological polar surface area (TPSA) is 55.1 Å². The highest BCUT2D eigenvalue weighted by Crippen LogP contribution is 2.41. The SMILES string of the molecule is CCC(C)CNC(=O)C1(C(N)=S)CCC1. The highest BCUT2D eigenvalue weighted by atomic mass is 32.1. The molecule has 1 fully saturated rings. The van der Waals surface area contributed by atoms with Crippen LogP contribution in [0.4, 0.5) is 0 Å². The average Bonchev–Trinajstić information content (AvgIpc) is 2.11. The molecule has 1 atom stereocenters. The molecule has 0 bridgehead atoms. The van der Waals surface area contributed by atoms with Gasteiger partial charge in [0.15, 0.2) is 0 Å². The van der Waals surface area contributed by atoms with E-state index in [9.17, 15) is 4.79 Å².